The van der Waals surface area contributed by atoms with E-state index in [1.54, 1.807) is 14.0 Å². The van der Waals surface area contributed by atoms with Crippen LogP contribution in [0.1, 0.15) is 38.8 Å². The Labute approximate surface area is 181 Å². The molecule has 0 saturated carbocycles. The Kier molecular flexibility index (Phi) is 7.85. The van der Waals surface area contributed by atoms with Crippen molar-refractivity contribution in [1.82, 2.24) is 10.2 Å². The first kappa shape index (κ1) is 22.9. The molecule has 2 aromatic carbocycles. The first-order valence-corrected chi connectivity index (χ1v) is 10.4. The molecule has 0 heterocycles. The van der Waals surface area contributed by atoms with Gasteiger partial charge in [0.15, 0.2) is 6.61 Å². The van der Waals surface area contributed by atoms with E-state index in [4.69, 9.17) is 4.74 Å². The van der Waals surface area contributed by atoms with Gasteiger partial charge in [-0.2, -0.15) is 0 Å². The normalized spacial score (nSPS) is 12.2. The number of carbonyl (C=O) groups is 2. The second kappa shape index (κ2) is 9.92. The van der Waals surface area contributed by atoms with Crippen LogP contribution in [0.2, 0.25) is 0 Å². The zero-order valence-electron chi connectivity index (χ0n) is 17.7. The maximum atomic E-state index is 12.9. The highest BCUT2D eigenvalue weighted by molar-refractivity contribution is 9.10. The number of nitrogens with zero attached hydrogens (tertiary/aromatic N) is 1. The van der Waals surface area contributed by atoms with E-state index in [9.17, 15) is 9.59 Å². The molecule has 1 N–H and O–H groups in total. The molecule has 5 nitrogen and oxygen atoms in total. The molecule has 0 aliphatic carbocycles. The molecule has 2 aromatic rings. The number of hydrogen-bond acceptors (Lipinski definition) is 3. The molecule has 156 valence electrons. The summed E-state index contributed by atoms with van der Waals surface area (Å²) < 4.78 is 6.58. The summed E-state index contributed by atoms with van der Waals surface area (Å²) in [6, 6.07) is 14.9. The minimum atomic E-state index is -0.608. The van der Waals surface area contributed by atoms with E-state index in [0.29, 0.717) is 12.3 Å². The highest BCUT2D eigenvalue weighted by Gasteiger charge is 2.26. The van der Waals surface area contributed by atoms with Gasteiger partial charge in [-0.05, 0) is 51.5 Å². The molecule has 1 atom stereocenters. The third kappa shape index (κ3) is 6.32. The average molecular weight is 461 g/mol. The molecular formula is C23H29BrN2O3. The SMILES string of the molecule is CNC(=O)[C@@H](C)N(Cc1ccccc1)C(=O)COc1ccc(C(C)(C)C)cc1Br. The molecule has 6 heteroatoms. The van der Waals surface area contributed by atoms with Crippen LogP contribution in [0.25, 0.3) is 0 Å². The molecule has 0 fully saturated rings. The number of amides is 2. The number of hydrogen-bond donors (Lipinski definition) is 1. The van der Waals surface area contributed by atoms with Crippen molar-refractivity contribution in [2.24, 2.45) is 0 Å². The first-order chi connectivity index (χ1) is 13.6. The van der Waals surface area contributed by atoms with Crippen LogP contribution in [0.5, 0.6) is 5.75 Å². The van der Waals surface area contributed by atoms with E-state index in [0.717, 1.165) is 10.0 Å². The highest BCUT2D eigenvalue weighted by atomic mass is 79.9. The van der Waals surface area contributed by atoms with Gasteiger partial charge in [0.05, 0.1) is 4.47 Å². The molecule has 0 spiro atoms. The van der Waals surface area contributed by atoms with E-state index in [2.05, 4.69) is 42.0 Å². The van der Waals surface area contributed by atoms with Crippen LogP contribution in [0.4, 0.5) is 0 Å². The van der Waals surface area contributed by atoms with E-state index < -0.39 is 6.04 Å². The maximum absolute atomic E-state index is 12.9. The van der Waals surface area contributed by atoms with Crippen molar-refractivity contribution in [1.29, 1.82) is 0 Å². The Morgan fingerprint density at radius 3 is 2.34 bits per heavy atom. The van der Waals surface area contributed by atoms with Crippen molar-refractivity contribution in [2.75, 3.05) is 13.7 Å². The third-order valence-electron chi connectivity index (χ3n) is 4.76. The van der Waals surface area contributed by atoms with Gasteiger partial charge in [-0.15, -0.1) is 0 Å². The molecule has 0 aromatic heterocycles. The molecule has 2 rings (SSSR count). The summed E-state index contributed by atoms with van der Waals surface area (Å²) in [7, 11) is 1.56. The molecule has 0 saturated heterocycles. The topological polar surface area (TPSA) is 58.6 Å². The molecule has 0 radical (unpaired) electrons. The second-order valence-corrected chi connectivity index (χ2v) is 8.84. The van der Waals surface area contributed by atoms with Crippen LogP contribution in [0.3, 0.4) is 0 Å². The van der Waals surface area contributed by atoms with Crippen LogP contribution in [0.15, 0.2) is 53.0 Å². The smallest absolute Gasteiger partial charge is 0.261 e. The van der Waals surface area contributed by atoms with Crippen LogP contribution in [-0.4, -0.2) is 36.4 Å². The minimum absolute atomic E-state index is 0.0201. The molecule has 2 amide bonds. The quantitative estimate of drug-likeness (QED) is 0.670. The van der Waals surface area contributed by atoms with Gasteiger partial charge in [0, 0.05) is 13.6 Å². The summed E-state index contributed by atoms with van der Waals surface area (Å²) in [6.07, 6.45) is 0. The first-order valence-electron chi connectivity index (χ1n) is 9.61. The molecular weight excluding hydrogens is 432 g/mol. The number of ether oxygens (including phenoxy) is 1. The molecule has 0 aliphatic heterocycles. The lowest BCUT2D eigenvalue weighted by Crippen LogP contribution is -2.48. The standard InChI is InChI=1S/C23H29BrN2O3/c1-16(22(28)25-5)26(14-17-9-7-6-8-10-17)21(27)15-29-20-12-11-18(13-19(20)24)23(2,3)4/h6-13,16H,14-15H2,1-5H3,(H,25,28)/t16-/m1/s1. The van der Waals surface area contributed by atoms with Crippen LogP contribution in [-0.2, 0) is 21.5 Å². The summed E-state index contributed by atoms with van der Waals surface area (Å²) in [5, 5.41) is 2.61. The molecule has 0 bridgehead atoms. The fourth-order valence-corrected chi connectivity index (χ4v) is 3.37. The fraction of sp³-hybridized carbons (Fsp3) is 0.391. The van der Waals surface area contributed by atoms with Crippen molar-refractivity contribution < 1.29 is 14.3 Å². The van der Waals surface area contributed by atoms with Gasteiger partial charge in [0.2, 0.25) is 5.91 Å². The van der Waals surface area contributed by atoms with Crippen LogP contribution >= 0.6 is 15.9 Å². The Morgan fingerprint density at radius 1 is 1.14 bits per heavy atom. The number of halogens is 1. The predicted molar refractivity (Wildman–Crippen MR) is 119 cm³/mol. The van der Waals surface area contributed by atoms with Crippen molar-refractivity contribution in [3.63, 3.8) is 0 Å². The van der Waals surface area contributed by atoms with Gasteiger partial charge in [-0.25, -0.2) is 0 Å². The van der Waals surface area contributed by atoms with Gasteiger partial charge >= 0.3 is 0 Å². The summed E-state index contributed by atoms with van der Waals surface area (Å²) in [5.41, 5.74) is 2.14. The highest BCUT2D eigenvalue weighted by Crippen LogP contribution is 2.31. The predicted octanol–water partition coefficient (Wildman–Crippen LogP) is 4.29. The summed E-state index contributed by atoms with van der Waals surface area (Å²) in [5.74, 6) is 0.125. The summed E-state index contributed by atoms with van der Waals surface area (Å²) >= 11 is 3.53. The van der Waals surface area contributed by atoms with E-state index in [-0.39, 0.29) is 23.8 Å². The number of benzene rings is 2. The minimum Gasteiger partial charge on any atom is -0.483 e. The lowest BCUT2D eigenvalue weighted by atomic mass is 9.87. The molecule has 0 aliphatic rings. The molecule has 0 unspecified atom stereocenters. The van der Waals surface area contributed by atoms with Crippen molar-refractivity contribution >= 4 is 27.7 Å². The Hall–Kier alpha value is -2.34. The second-order valence-electron chi connectivity index (χ2n) is 7.98. The largest absolute Gasteiger partial charge is 0.483 e. The van der Waals surface area contributed by atoms with Crippen LogP contribution in [0, 0.1) is 0 Å². The van der Waals surface area contributed by atoms with Gasteiger partial charge in [-0.3, -0.25) is 9.59 Å². The zero-order valence-corrected chi connectivity index (χ0v) is 19.2. The van der Waals surface area contributed by atoms with Crippen molar-refractivity contribution in [3.05, 3.63) is 64.1 Å². The summed E-state index contributed by atoms with van der Waals surface area (Å²) in [4.78, 5) is 26.6. The lowest BCUT2D eigenvalue weighted by molar-refractivity contribution is -0.142. The van der Waals surface area contributed by atoms with Crippen molar-refractivity contribution in [2.45, 2.75) is 45.7 Å². The Balaban J connectivity index is 2.14. The van der Waals surface area contributed by atoms with Crippen LogP contribution < -0.4 is 10.1 Å². The van der Waals surface area contributed by atoms with E-state index >= 15 is 0 Å². The fourth-order valence-electron chi connectivity index (χ4n) is 2.88. The van der Waals surface area contributed by atoms with Gasteiger partial charge < -0.3 is 15.0 Å². The van der Waals surface area contributed by atoms with E-state index in [1.165, 1.54) is 10.5 Å². The average Bonchev–Trinajstić information content (AvgIpc) is 2.69. The lowest BCUT2D eigenvalue weighted by Gasteiger charge is -2.28. The summed E-state index contributed by atoms with van der Waals surface area (Å²) in [6.45, 7) is 8.32. The van der Waals surface area contributed by atoms with Gasteiger partial charge in [-0.1, -0.05) is 57.2 Å². The maximum Gasteiger partial charge on any atom is 0.261 e. The zero-order chi connectivity index (χ0) is 21.6. The monoisotopic (exact) mass is 460 g/mol. The van der Waals surface area contributed by atoms with Gasteiger partial charge in [0.1, 0.15) is 11.8 Å². The number of rotatable bonds is 7. The Morgan fingerprint density at radius 2 is 1.79 bits per heavy atom. The van der Waals surface area contributed by atoms with E-state index in [1.807, 2.05) is 48.5 Å². The number of likely N-dealkylation sites (N-methyl/N-ethyl adjacent to an activating group) is 1. The van der Waals surface area contributed by atoms with Gasteiger partial charge in [0.25, 0.3) is 5.91 Å². The number of nitrogens with one attached hydrogen (secondary N) is 1. The Bertz CT molecular complexity index is 847. The third-order valence-corrected chi connectivity index (χ3v) is 5.38. The number of carbonyl (C=O) groups excluding carboxylic acids is 2. The molecule has 29 heavy (non-hydrogen) atoms. The van der Waals surface area contributed by atoms with Crippen molar-refractivity contribution in [3.8, 4) is 5.75 Å².